The van der Waals surface area contributed by atoms with Crippen molar-refractivity contribution in [3.8, 4) is 5.75 Å². The molecule has 8 heteroatoms. The molecule has 0 saturated heterocycles. The third-order valence-corrected chi connectivity index (χ3v) is 6.16. The van der Waals surface area contributed by atoms with Crippen molar-refractivity contribution >= 4 is 38.9 Å². The number of ether oxygens (including phenoxy) is 1. The van der Waals surface area contributed by atoms with Gasteiger partial charge in [-0.1, -0.05) is 23.7 Å². The molecule has 2 aromatic rings. The van der Waals surface area contributed by atoms with Crippen LogP contribution in [0.2, 0.25) is 5.02 Å². The number of amides is 1. The lowest BCUT2D eigenvalue weighted by Crippen LogP contribution is -2.49. The predicted octanol–water partition coefficient (Wildman–Crippen LogP) is 3.20. The molecule has 2 aromatic carbocycles. The first-order chi connectivity index (χ1) is 12.3. The number of halogens is 1. The molecule has 0 bridgehead atoms. The SMILES string of the molecule is CCS(=O)(=O)N1C[C@@H](C(=O)Nc2ccc(Cl)cc2C)Oc2ccccc21. The summed E-state index contributed by atoms with van der Waals surface area (Å²) >= 11 is 5.93. The number of carbonyl (C=O) groups excluding carboxylic acids is 1. The van der Waals surface area contributed by atoms with Crippen LogP contribution in [0.5, 0.6) is 5.75 Å². The highest BCUT2D eigenvalue weighted by Crippen LogP contribution is 2.35. The van der Waals surface area contributed by atoms with Gasteiger partial charge in [-0.05, 0) is 49.7 Å². The minimum atomic E-state index is -3.53. The molecule has 138 valence electrons. The Balaban J connectivity index is 1.88. The van der Waals surface area contributed by atoms with Crippen molar-refractivity contribution in [1.82, 2.24) is 0 Å². The van der Waals surface area contributed by atoms with E-state index in [0.29, 0.717) is 22.1 Å². The molecule has 0 unspecified atom stereocenters. The van der Waals surface area contributed by atoms with Crippen LogP contribution < -0.4 is 14.4 Å². The van der Waals surface area contributed by atoms with Crippen LogP contribution in [-0.2, 0) is 14.8 Å². The topological polar surface area (TPSA) is 75.7 Å². The van der Waals surface area contributed by atoms with E-state index in [-0.39, 0.29) is 12.3 Å². The Labute approximate surface area is 157 Å². The molecule has 1 aliphatic rings. The minimum Gasteiger partial charge on any atom is -0.476 e. The highest BCUT2D eigenvalue weighted by molar-refractivity contribution is 7.92. The number of nitrogens with one attached hydrogen (secondary N) is 1. The molecular formula is C18H19ClN2O4S. The molecule has 0 radical (unpaired) electrons. The van der Waals surface area contributed by atoms with E-state index in [1.807, 2.05) is 6.92 Å². The monoisotopic (exact) mass is 394 g/mol. The van der Waals surface area contributed by atoms with Crippen molar-refractivity contribution in [2.24, 2.45) is 0 Å². The molecule has 6 nitrogen and oxygen atoms in total. The summed E-state index contributed by atoms with van der Waals surface area (Å²) in [5.41, 5.74) is 1.85. The van der Waals surface area contributed by atoms with E-state index in [0.717, 1.165) is 5.56 Å². The van der Waals surface area contributed by atoms with Crippen LogP contribution >= 0.6 is 11.6 Å². The highest BCUT2D eigenvalue weighted by Gasteiger charge is 2.36. The van der Waals surface area contributed by atoms with Crippen LogP contribution in [0.1, 0.15) is 12.5 Å². The van der Waals surface area contributed by atoms with Crippen molar-refractivity contribution in [2.45, 2.75) is 20.0 Å². The molecule has 0 spiro atoms. The second-order valence-corrected chi connectivity index (χ2v) is 8.57. The number of hydrogen-bond acceptors (Lipinski definition) is 4. The fourth-order valence-electron chi connectivity index (χ4n) is 2.74. The van der Waals surface area contributed by atoms with Gasteiger partial charge < -0.3 is 10.1 Å². The Morgan fingerprint density at radius 2 is 2.04 bits per heavy atom. The summed E-state index contributed by atoms with van der Waals surface area (Å²) in [5.74, 6) is -0.114. The van der Waals surface area contributed by atoms with Crippen molar-refractivity contribution < 1.29 is 17.9 Å². The van der Waals surface area contributed by atoms with Crippen LogP contribution in [0.25, 0.3) is 0 Å². The van der Waals surface area contributed by atoms with Crippen molar-refractivity contribution in [2.75, 3.05) is 21.9 Å². The standard InChI is InChI=1S/C18H19ClN2O4S/c1-3-26(23,24)21-11-17(25-16-7-5-4-6-15(16)21)18(22)20-14-9-8-13(19)10-12(14)2/h4-10,17H,3,11H2,1-2H3,(H,20,22)/t17-/m0/s1. The second-order valence-electron chi connectivity index (χ2n) is 5.95. The Morgan fingerprint density at radius 1 is 1.31 bits per heavy atom. The maximum atomic E-state index is 12.7. The average molecular weight is 395 g/mol. The maximum absolute atomic E-state index is 12.7. The Hall–Kier alpha value is -2.25. The summed E-state index contributed by atoms with van der Waals surface area (Å²) in [4.78, 5) is 12.7. The number of carbonyl (C=O) groups is 1. The number of rotatable bonds is 4. The summed E-state index contributed by atoms with van der Waals surface area (Å²) in [7, 11) is -3.53. The first kappa shape index (κ1) is 18.5. The van der Waals surface area contributed by atoms with Gasteiger partial charge in [0.15, 0.2) is 6.10 Å². The largest absolute Gasteiger partial charge is 0.476 e. The fraction of sp³-hybridized carbons (Fsp3) is 0.278. The molecule has 3 rings (SSSR count). The van der Waals surface area contributed by atoms with E-state index < -0.39 is 22.0 Å². The number of sulfonamides is 1. The van der Waals surface area contributed by atoms with Gasteiger partial charge >= 0.3 is 0 Å². The van der Waals surface area contributed by atoms with Gasteiger partial charge in [0.25, 0.3) is 5.91 Å². The van der Waals surface area contributed by atoms with Gasteiger partial charge in [-0.3, -0.25) is 9.10 Å². The molecule has 0 aromatic heterocycles. The first-order valence-electron chi connectivity index (χ1n) is 8.15. The van der Waals surface area contributed by atoms with Gasteiger partial charge in [-0.15, -0.1) is 0 Å². The molecule has 26 heavy (non-hydrogen) atoms. The lowest BCUT2D eigenvalue weighted by molar-refractivity contribution is -0.122. The van der Waals surface area contributed by atoms with E-state index in [1.165, 1.54) is 4.31 Å². The zero-order valence-corrected chi connectivity index (χ0v) is 16.0. The van der Waals surface area contributed by atoms with Gasteiger partial charge in [0.05, 0.1) is 18.0 Å². The summed E-state index contributed by atoms with van der Waals surface area (Å²) < 4.78 is 31.9. The van der Waals surface area contributed by atoms with Gasteiger partial charge in [-0.25, -0.2) is 8.42 Å². The molecule has 1 atom stereocenters. The minimum absolute atomic E-state index is 0.0635. The summed E-state index contributed by atoms with van der Waals surface area (Å²) in [6.45, 7) is 3.32. The summed E-state index contributed by atoms with van der Waals surface area (Å²) in [6, 6.07) is 11.9. The molecule has 1 aliphatic heterocycles. The zero-order valence-electron chi connectivity index (χ0n) is 14.4. The Morgan fingerprint density at radius 3 is 2.73 bits per heavy atom. The molecule has 1 N–H and O–H groups in total. The van der Waals surface area contributed by atoms with Crippen molar-refractivity contribution in [3.05, 3.63) is 53.1 Å². The van der Waals surface area contributed by atoms with Crippen molar-refractivity contribution in [1.29, 1.82) is 0 Å². The number of hydrogen-bond donors (Lipinski definition) is 1. The van der Waals surface area contributed by atoms with Crippen LogP contribution in [0.4, 0.5) is 11.4 Å². The lowest BCUT2D eigenvalue weighted by Gasteiger charge is -2.34. The van der Waals surface area contributed by atoms with Crippen LogP contribution in [0.3, 0.4) is 0 Å². The normalized spacial score (nSPS) is 16.6. The third kappa shape index (κ3) is 3.64. The molecule has 1 heterocycles. The predicted molar refractivity (Wildman–Crippen MR) is 102 cm³/mol. The Kier molecular flexibility index (Phi) is 5.11. The molecule has 0 aliphatic carbocycles. The molecule has 0 saturated carbocycles. The average Bonchev–Trinajstić information content (AvgIpc) is 2.63. The van der Waals surface area contributed by atoms with Gasteiger partial charge in [-0.2, -0.15) is 0 Å². The van der Waals surface area contributed by atoms with Crippen LogP contribution in [0, 0.1) is 6.92 Å². The van der Waals surface area contributed by atoms with E-state index >= 15 is 0 Å². The molecule has 1 amide bonds. The number of anilines is 2. The first-order valence-corrected chi connectivity index (χ1v) is 10.1. The van der Waals surface area contributed by atoms with Crippen LogP contribution in [-0.4, -0.2) is 32.7 Å². The van der Waals surface area contributed by atoms with Gasteiger partial charge in [0, 0.05) is 10.7 Å². The number of fused-ring (bicyclic) bond motifs is 1. The zero-order chi connectivity index (χ0) is 18.9. The number of benzene rings is 2. The van der Waals surface area contributed by atoms with E-state index in [2.05, 4.69) is 5.32 Å². The third-order valence-electron chi connectivity index (χ3n) is 4.17. The number of nitrogens with zero attached hydrogens (tertiary/aromatic N) is 1. The lowest BCUT2D eigenvalue weighted by atomic mass is 10.1. The van der Waals surface area contributed by atoms with Gasteiger partial charge in [0.2, 0.25) is 10.0 Å². The number of para-hydroxylation sites is 2. The van der Waals surface area contributed by atoms with Gasteiger partial charge in [0.1, 0.15) is 5.75 Å². The maximum Gasteiger partial charge on any atom is 0.267 e. The molecule has 0 fully saturated rings. The quantitative estimate of drug-likeness (QED) is 0.863. The highest BCUT2D eigenvalue weighted by atomic mass is 35.5. The smallest absolute Gasteiger partial charge is 0.267 e. The van der Waals surface area contributed by atoms with Crippen LogP contribution in [0.15, 0.2) is 42.5 Å². The fourth-order valence-corrected chi connectivity index (χ4v) is 4.09. The number of aryl methyl sites for hydroxylation is 1. The van der Waals surface area contributed by atoms with Crippen molar-refractivity contribution in [3.63, 3.8) is 0 Å². The Bertz CT molecular complexity index is 946. The van der Waals surface area contributed by atoms with E-state index in [9.17, 15) is 13.2 Å². The second kappa shape index (κ2) is 7.17. The summed E-state index contributed by atoms with van der Waals surface area (Å²) in [6.07, 6.45) is -0.957. The van der Waals surface area contributed by atoms with E-state index in [1.54, 1.807) is 49.4 Å². The molecular weight excluding hydrogens is 376 g/mol. The van der Waals surface area contributed by atoms with E-state index in [4.69, 9.17) is 16.3 Å². The summed E-state index contributed by atoms with van der Waals surface area (Å²) in [5, 5.41) is 3.36.